The smallest absolute Gasteiger partial charge is 0.322 e. The van der Waals surface area contributed by atoms with Crippen LogP contribution in [0.3, 0.4) is 0 Å². The zero-order valence-electron chi connectivity index (χ0n) is 21.6. The number of carboxylic acids is 1. The summed E-state index contributed by atoms with van der Waals surface area (Å²) in [6.07, 6.45) is 2.90. The normalized spacial score (nSPS) is 13.8. The molecule has 198 valence electrons. The number of aromatic nitrogens is 2. The number of carboxylic acid groups (broad SMARTS) is 1. The number of carbonyl (C=O) groups excluding carboxylic acids is 2. The molecule has 0 saturated carbocycles. The van der Waals surface area contributed by atoms with Crippen molar-refractivity contribution in [1.29, 1.82) is 0 Å². The van der Waals surface area contributed by atoms with Gasteiger partial charge < -0.3 is 20.4 Å². The lowest BCUT2D eigenvalue weighted by molar-refractivity contribution is -0.135. The molecule has 0 unspecified atom stereocenters. The second kappa shape index (κ2) is 11.9. The summed E-state index contributed by atoms with van der Waals surface area (Å²) in [5.41, 5.74) is 4.52. The minimum absolute atomic E-state index is 0.154. The SMILES string of the molecule is CC(=O)Cc1ccc(-c2ccc(N3CCC(Cc4nc(C)c(O)c(C(=O)NCC(=O)O)n4)CC3)cc2)cc1. The van der Waals surface area contributed by atoms with Crippen LogP contribution in [0.15, 0.2) is 48.5 Å². The van der Waals surface area contributed by atoms with E-state index in [1.54, 1.807) is 13.8 Å². The van der Waals surface area contributed by atoms with Crippen molar-refractivity contribution in [3.05, 3.63) is 71.3 Å². The van der Waals surface area contributed by atoms with Crippen LogP contribution in [0.25, 0.3) is 11.1 Å². The maximum Gasteiger partial charge on any atom is 0.322 e. The Morgan fingerprint density at radius 1 is 0.974 bits per heavy atom. The molecule has 0 atom stereocenters. The number of benzene rings is 2. The van der Waals surface area contributed by atoms with Gasteiger partial charge in [-0.25, -0.2) is 9.97 Å². The number of carbonyl (C=O) groups is 3. The number of ketones is 1. The lowest BCUT2D eigenvalue weighted by atomic mass is 9.92. The molecule has 38 heavy (non-hydrogen) atoms. The molecule has 0 spiro atoms. The van der Waals surface area contributed by atoms with E-state index in [1.165, 1.54) is 0 Å². The lowest BCUT2D eigenvalue weighted by Gasteiger charge is -2.33. The van der Waals surface area contributed by atoms with E-state index in [0.29, 0.717) is 30.3 Å². The molecule has 0 aliphatic carbocycles. The number of nitrogens with one attached hydrogen (secondary N) is 1. The number of nitrogens with zero attached hydrogens (tertiary/aromatic N) is 3. The summed E-state index contributed by atoms with van der Waals surface area (Å²) in [5, 5.41) is 21.2. The number of hydrogen-bond donors (Lipinski definition) is 3. The molecule has 0 bridgehead atoms. The topological polar surface area (TPSA) is 133 Å². The highest BCUT2D eigenvalue weighted by Crippen LogP contribution is 2.29. The first-order valence-corrected chi connectivity index (χ1v) is 12.7. The van der Waals surface area contributed by atoms with E-state index in [1.807, 2.05) is 24.3 Å². The molecule has 9 nitrogen and oxygen atoms in total. The molecular formula is C29H32N4O5. The molecule has 9 heteroatoms. The van der Waals surface area contributed by atoms with Gasteiger partial charge in [0.25, 0.3) is 5.91 Å². The number of hydrogen-bond acceptors (Lipinski definition) is 7. The lowest BCUT2D eigenvalue weighted by Crippen LogP contribution is -2.34. The third-order valence-electron chi connectivity index (χ3n) is 6.78. The highest BCUT2D eigenvalue weighted by Gasteiger charge is 2.23. The molecule has 2 aromatic carbocycles. The first-order chi connectivity index (χ1) is 18.2. The summed E-state index contributed by atoms with van der Waals surface area (Å²) in [6, 6.07) is 16.6. The molecule has 4 rings (SSSR count). The number of amides is 1. The van der Waals surface area contributed by atoms with Gasteiger partial charge in [0.05, 0.1) is 5.69 Å². The van der Waals surface area contributed by atoms with Crippen molar-refractivity contribution in [2.75, 3.05) is 24.5 Å². The van der Waals surface area contributed by atoms with Crippen molar-refractivity contribution >= 4 is 23.3 Å². The second-order valence-corrected chi connectivity index (χ2v) is 9.76. The van der Waals surface area contributed by atoms with Gasteiger partial charge in [-0.3, -0.25) is 14.4 Å². The molecule has 3 aromatic rings. The average molecular weight is 517 g/mol. The molecule has 1 aliphatic heterocycles. The fourth-order valence-electron chi connectivity index (χ4n) is 4.73. The van der Waals surface area contributed by atoms with Crippen LogP contribution < -0.4 is 10.2 Å². The standard InChI is InChI=1S/C29H32N4O5/c1-18(34)15-20-3-5-22(6-4-20)23-7-9-24(10-8-23)33-13-11-21(12-14-33)16-25-31-19(2)28(37)27(32-25)29(38)30-17-26(35)36/h3-10,21,37H,11-17H2,1-2H3,(H,30,38)(H,35,36). The van der Waals surface area contributed by atoms with E-state index in [9.17, 15) is 19.5 Å². The second-order valence-electron chi connectivity index (χ2n) is 9.76. The average Bonchev–Trinajstić information content (AvgIpc) is 2.90. The maximum absolute atomic E-state index is 12.3. The fourth-order valence-corrected chi connectivity index (χ4v) is 4.73. The van der Waals surface area contributed by atoms with Crippen molar-refractivity contribution in [3.63, 3.8) is 0 Å². The van der Waals surface area contributed by atoms with Crippen LogP contribution in [0.2, 0.25) is 0 Å². The minimum atomic E-state index is -1.18. The monoisotopic (exact) mass is 516 g/mol. The fraction of sp³-hybridized carbons (Fsp3) is 0.345. The summed E-state index contributed by atoms with van der Waals surface area (Å²) < 4.78 is 0. The molecule has 3 N–H and O–H groups in total. The van der Waals surface area contributed by atoms with Gasteiger partial charge >= 0.3 is 5.97 Å². The Morgan fingerprint density at radius 2 is 1.58 bits per heavy atom. The predicted molar refractivity (Wildman–Crippen MR) is 143 cm³/mol. The molecular weight excluding hydrogens is 484 g/mol. The number of aromatic hydroxyl groups is 1. The number of aliphatic carboxylic acids is 1. The van der Waals surface area contributed by atoms with Crippen LogP contribution in [0.4, 0.5) is 5.69 Å². The van der Waals surface area contributed by atoms with Gasteiger partial charge in [0.2, 0.25) is 0 Å². The Balaban J connectivity index is 1.34. The van der Waals surface area contributed by atoms with E-state index in [4.69, 9.17) is 5.11 Å². The number of piperidine rings is 1. The van der Waals surface area contributed by atoms with Crippen LogP contribution in [0.1, 0.15) is 47.3 Å². The molecule has 1 amide bonds. The minimum Gasteiger partial charge on any atom is -0.504 e. The zero-order chi connectivity index (χ0) is 27.2. The van der Waals surface area contributed by atoms with Gasteiger partial charge in [0, 0.05) is 31.6 Å². The van der Waals surface area contributed by atoms with Crippen molar-refractivity contribution in [1.82, 2.24) is 15.3 Å². The number of Topliss-reactive ketones (excluding diaryl/α,β-unsaturated/α-hetero) is 1. The Hall–Kier alpha value is -4.27. The maximum atomic E-state index is 12.3. The predicted octanol–water partition coefficient (Wildman–Crippen LogP) is 3.56. The van der Waals surface area contributed by atoms with E-state index >= 15 is 0 Å². The number of aryl methyl sites for hydroxylation is 1. The molecule has 1 fully saturated rings. The summed E-state index contributed by atoms with van der Waals surface area (Å²) in [4.78, 5) is 45.3. The van der Waals surface area contributed by atoms with Gasteiger partial charge in [0.1, 0.15) is 18.2 Å². The Kier molecular flexibility index (Phi) is 8.35. The van der Waals surface area contributed by atoms with Gasteiger partial charge in [-0.05, 0) is 61.4 Å². The van der Waals surface area contributed by atoms with Crippen molar-refractivity contribution < 1.29 is 24.6 Å². The first kappa shape index (κ1) is 26.8. The summed E-state index contributed by atoms with van der Waals surface area (Å²) >= 11 is 0. The van der Waals surface area contributed by atoms with Gasteiger partial charge in [-0.2, -0.15) is 0 Å². The number of rotatable bonds is 9. The third kappa shape index (κ3) is 6.73. The van der Waals surface area contributed by atoms with Gasteiger partial charge in [-0.15, -0.1) is 0 Å². The molecule has 2 heterocycles. The van der Waals surface area contributed by atoms with Gasteiger partial charge in [-0.1, -0.05) is 36.4 Å². The molecule has 0 radical (unpaired) electrons. The number of anilines is 1. The summed E-state index contributed by atoms with van der Waals surface area (Å²) in [5.74, 6) is -1.29. The van der Waals surface area contributed by atoms with Crippen LogP contribution >= 0.6 is 0 Å². The van der Waals surface area contributed by atoms with Gasteiger partial charge in [0.15, 0.2) is 11.4 Å². The van der Waals surface area contributed by atoms with Crippen LogP contribution in [0, 0.1) is 12.8 Å². The largest absolute Gasteiger partial charge is 0.504 e. The van der Waals surface area contributed by atoms with E-state index in [2.05, 4.69) is 44.5 Å². The molecule has 1 aliphatic rings. The quantitative estimate of drug-likeness (QED) is 0.393. The van der Waals surface area contributed by atoms with Crippen LogP contribution in [0.5, 0.6) is 5.75 Å². The highest BCUT2D eigenvalue weighted by atomic mass is 16.4. The van der Waals surface area contributed by atoms with Crippen LogP contribution in [-0.2, 0) is 22.4 Å². The highest BCUT2D eigenvalue weighted by molar-refractivity contribution is 5.96. The van der Waals surface area contributed by atoms with E-state index in [-0.39, 0.29) is 17.2 Å². The van der Waals surface area contributed by atoms with Crippen molar-refractivity contribution in [2.24, 2.45) is 5.92 Å². The molecule has 1 aromatic heterocycles. The first-order valence-electron chi connectivity index (χ1n) is 12.7. The molecule has 1 saturated heterocycles. The summed E-state index contributed by atoms with van der Waals surface area (Å²) in [7, 11) is 0. The van der Waals surface area contributed by atoms with E-state index in [0.717, 1.165) is 48.3 Å². The Labute approximate surface area is 221 Å². The summed E-state index contributed by atoms with van der Waals surface area (Å²) in [6.45, 7) is 4.41. The van der Waals surface area contributed by atoms with Crippen LogP contribution in [-0.4, -0.2) is 57.5 Å². The Morgan fingerprint density at radius 3 is 2.16 bits per heavy atom. The van der Waals surface area contributed by atoms with Crippen molar-refractivity contribution in [3.8, 4) is 16.9 Å². The third-order valence-corrected chi connectivity index (χ3v) is 6.78. The Bertz CT molecular complexity index is 1310. The van der Waals surface area contributed by atoms with Crippen molar-refractivity contribution in [2.45, 2.75) is 39.5 Å². The zero-order valence-corrected chi connectivity index (χ0v) is 21.6. The van der Waals surface area contributed by atoms with E-state index < -0.39 is 18.4 Å².